The third-order valence-electron chi connectivity index (χ3n) is 6.32. The highest BCUT2D eigenvalue weighted by Gasteiger charge is 2.47. The lowest BCUT2D eigenvalue weighted by molar-refractivity contribution is -0.132. The number of amides is 1. The summed E-state index contributed by atoms with van der Waals surface area (Å²) in [6.45, 7) is 1.96. The molecule has 0 aliphatic carbocycles. The van der Waals surface area contributed by atoms with Crippen LogP contribution in [0.15, 0.2) is 72.3 Å². The maximum atomic E-state index is 13.3. The summed E-state index contributed by atoms with van der Waals surface area (Å²) in [6.07, 6.45) is 0.724. The summed E-state index contributed by atoms with van der Waals surface area (Å²) in [7, 11) is 1.55. The van der Waals surface area contributed by atoms with Gasteiger partial charge in [0.25, 0.3) is 11.7 Å². The number of ether oxygens (including phenoxy) is 2. The van der Waals surface area contributed by atoms with Gasteiger partial charge < -0.3 is 14.6 Å². The summed E-state index contributed by atoms with van der Waals surface area (Å²) in [4.78, 5) is 27.9. The van der Waals surface area contributed by atoms with Crippen LogP contribution in [0.25, 0.3) is 5.76 Å². The van der Waals surface area contributed by atoms with Gasteiger partial charge in [-0.25, -0.2) is 0 Å². The Morgan fingerprint density at radius 1 is 1.09 bits per heavy atom. The molecule has 2 heterocycles. The SMILES string of the molecule is COc1ccc(C2/C(=C(/O)c3ccc4c(c3)CC(C)O4)C(=O)C(=O)N2c2ccc(C#N)cc2)cc1. The molecule has 0 radical (unpaired) electrons. The maximum absolute atomic E-state index is 13.3. The van der Waals surface area contributed by atoms with Crippen LogP contribution in [0.2, 0.25) is 0 Å². The molecule has 0 spiro atoms. The molecule has 1 fully saturated rings. The summed E-state index contributed by atoms with van der Waals surface area (Å²) >= 11 is 0. The van der Waals surface area contributed by atoms with E-state index in [2.05, 4.69) is 0 Å². The number of carbonyl (C=O) groups is 2. The normalized spacial score (nSPS) is 20.3. The Labute approximate surface area is 202 Å². The number of nitrogens with zero attached hydrogens (tertiary/aromatic N) is 2. The van der Waals surface area contributed by atoms with E-state index in [9.17, 15) is 14.7 Å². The van der Waals surface area contributed by atoms with E-state index in [-0.39, 0.29) is 17.4 Å². The molecule has 2 aliphatic rings. The second-order valence-electron chi connectivity index (χ2n) is 8.56. The summed E-state index contributed by atoms with van der Waals surface area (Å²) < 4.78 is 11.0. The number of anilines is 1. The van der Waals surface area contributed by atoms with E-state index < -0.39 is 17.7 Å². The molecule has 174 valence electrons. The van der Waals surface area contributed by atoms with Crippen LogP contribution in [-0.2, 0) is 16.0 Å². The molecular weight excluding hydrogens is 444 g/mol. The van der Waals surface area contributed by atoms with E-state index in [1.54, 1.807) is 73.8 Å². The number of fused-ring (bicyclic) bond motifs is 1. The Kier molecular flexibility index (Phi) is 5.50. The monoisotopic (exact) mass is 466 g/mol. The van der Waals surface area contributed by atoms with Crippen LogP contribution in [0.1, 0.15) is 35.2 Å². The van der Waals surface area contributed by atoms with E-state index >= 15 is 0 Å². The van der Waals surface area contributed by atoms with Crippen LogP contribution < -0.4 is 14.4 Å². The number of benzene rings is 3. The zero-order valence-electron chi connectivity index (χ0n) is 19.2. The van der Waals surface area contributed by atoms with Crippen LogP contribution in [0.5, 0.6) is 11.5 Å². The highest BCUT2D eigenvalue weighted by atomic mass is 16.5. The van der Waals surface area contributed by atoms with Gasteiger partial charge in [0.1, 0.15) is 23.4 Å². The van der Waals surface area contributed by atoms with E-state index in [0.29, 0.717) is 34.5 Å². The van der Waals surface area contributed by atoms with Gasteiger partial charge in [-0.1, -0.05) is 12.1 Å². The van der Waals surface area contributed by atoms with Gasteiger partial charge in [0.15, 0.2) is 0 Å². The fraction of sp³-hybridized carbons (Fsp3) is 0.179. The van der Waals surface area contributed by atoms with Crippen molar-refractivity contribution >= 4 is 23.1 Å². The predicted molar refractivity (Wildman–Crippen MR) is 129 cm³/mol. The van der Waals surface area contributed by atoms with Gasteiger partial charge in [-0.2, -0.15) is 5.26 Å². The minimum atomic E-state index is -0.864. The van der Waals surface area contributed by atoms with Gasteiger partial charge in [0, 0.05) is 17.7 Å². The first-order valence-corrected chi connectivity index (χ1v) is 11.2. The summed E-state index contributed by atoms with van der Waals surface area (Å²) in [6, 6.07) is 19.9. The Morgan fingerprint density at radius 3 is 2.46 bits per heavy atom. The molecule has 3 aromatic rings. The molecule has 2 atom stereocenters. The fourth-order valence-electron chi connectivity index (χ4n) is 4.62. The molecule has 1 N–H and O–H groups in total. The average molecular weight is 466 g/mol. The molecule has 7 nitrogen and oxygen atoms in total. The predicted octanol–water partition coefficient (Wildman–Crippen LogP) is 4.52. The number of nitriles is 1. The van der Waals surface area contributed by atoms with Gasteiger partial charge in [0.05, 0.1) is 30.4 Å². The van der Waals surface area contributed by atoms with Gasteiger partial charge in [-0.3, -0.25) is 14.5 Å². The quantitative estimate of drug-likeness (QED) is 0.345. The summed E-state index contributed by atoms with van der Waals surface area (Å²) in [5.41, 5.74) is 2.88. The first-order chi connectivity index (χ1) is 16.9. The van der Waals surface area contributed by atoms with E-state index in [0.717, 1.165) is 11.3 Å². The third kappa shape index (κ3) is 3.79. The number of Topliss-reactive ketones (excluding diaryl/α,β-unsaturated/α-hetero) is 1. The van der Waals surface area contributed by atoms with Gasteiger partial charge in [0.2, 0.25) is 0 Å². The van der Waals surface area contributed by atoms with Crippen molar-refractivity contribution < 1.29 is 24.2 Å². The summed E-state index contributed by atoms with van der Waals surface area (Å²) in [5.74, 6) is -0.411. The van der Waals surface area contributed by atoms with Crippen LogP contribution in [-0.4, -0.2) is 30.0 Å². The zero-order chi connectivity index (χ0) is 24.7. The smallest absolute Gasteiger partial charge is 0.300 e. The van der Waals surface area contributed by atoms with Crippen LogP contribution in [0.4, 0.5) is 5.69 Å². The number of carbonyl (C=O) groups excluding carboxylic acids is 2. The number of ketones is 1. The number of aliphatic hydroxyl groups is 1. The fourth-order valence-corrected chi connectivity index (χ4v) is 4.62. The number of methoxy groups -OCH3 is 1. The average Bonchev–Trinajstić information content (AvgIpc) is 3.39. The second-order valence-corrected chi connectivity index (χ2v) is 8.56. The molecule has 0 saturated carbocycles. The number of hydrogen-bond donors (Lipinski definition) is 1. The Bertz CT molecular complexity index is 1400. The largest absolute Gasteiger partial charge is 0.507 e. The Morgan fingerprint density at radius 2 is 1.80 bits per heavy atom. The van der Waals surface area contributed by atoms with E-state index in [1.165, 1.54) is 4.90 Å². The number of hydrogen-bond acceptors (Lipinski definition) is 6. The number of rotatable bonds is 4. The minimum absolute atomic E-state index is 0.00330. The molecule has 3 aromatic carbocycles. The van der Waals surface area contributed by atoms with Crippen LogP contribution in [0.3, 0.4) is 0 Å². The topological polar surface area (TPSA) is 99.9 Å². The molecule has 5 rings (SSSR count). The molecule has 2 unspecified atom stereocenters. The zero-order valence-corrected chi connectivity index (χ0v) is 19.2. The molecule has 7 heteroatoms. The standard InChI is InChI=1S/C28H22N2O5/c1-16-13-20-14-19(7-12-23(20)35-16)26(31)24-25(18-5-10-22(34-2)11-6-18)30(28(33)27(24)32)21-8-3-17(15-29)4-9-21/h3-12,14,16,25,31H,13H2,1-2H3/b26-24-. The van der Waals surface area contributed by atoms with Crippen molar-refractivity contribution in [1.29, 1.82) is 5.26 Å². The Hall–Kier alpha value is -4.57. The van der Waals surface area contributed by atoms with Gasteiger partial charge >= 0.3 is 0 Å². The molecule has 1 amide bonds. The first-order valence-electron chi connectivity index (χ1n) is 11.2. The lowest BCUT2D eigenvalue weighted by Gasteiger charge is -2.25. The van der Waals surface area contributed by atoms with Crippen LogP contribution in [0, 0.1) is 11.3 Å². The van der Waals surface area contributed by atoms with Crippen LogP contribution >= 0.6 is 0 Å². The van der Waals surface area contributed by atoms with Crippen molar-refractivity contribution in [2.45, 2.75) is 25.5 Å². The van der Waals surface area contributed by atoms with E-state index in [4.69, 9.17) is 14.7 Å². The van der Waals surface area contributed by atoms with Crippen molar-refractivity contribution in [2.24, 2.45) is 0 Å². The number of aliphatic hydroxyl groups excluding tert-OH is 1. The highest BCUT2D eigenvalue weighted by molar-refractivity contribution is 6.51. The van der Waals surface area contributed by atoms with Gasteiger partial charge in [-0.05, 0) is 72.6 Å². The highest BCUT2D eigenvalue weighted by Crippen LogP contribution is 2.43. The van der Waals surface area contributed by atoms with Crippen molar-refractivity contribution in [3.8, 4) is 17.6 Å². The minimum Gasteiger partial charge on any atom is -0.507 e. The second kappa shape index (κ2) is 8.65. The molecule has 2 aliphatic heterocycles. The molecule has 35 heavy (non-hydrogen) atoms. The molecule has 0 bridgehead atoms. The van der Waals surface area contributed by atoms with Crippen molar-refractivity contribution in [3.63, 3.8) is 0 Å². The first kappa shape index (κ1) is 22.2. The van der Waals surface area contributed by atoms with E-state index in [1.807, 2.05) is 13.0 Å². The molecule has 0 aromatic heterocycles. The lowest BCUT2D eigenvalue weighted by atomic mass is 9.94. The van der Waals surface area contributed by atoms with Crippen molar-refractivity contribution in [1.82, 2.24) is 0 Å². The summed E-state index contributed by atoms with van der Waals surface area (Å²) in [5, 5.41) is 20.5. The van der Waals surface area contributed by atoms with Gasteiger partial charge in [-0.15, -0.1) is 0 Å². The lowest BCUT2D eigenvalue weighted by Crippen LogP contribution is -2.29. The maximum Gasteiger partial charge on any atom is 0.300 e. The van der Waals surface area contributed by atoms with Crippen molar-refractivity contribution in [2.75, 3.05) is 12.0 Å². The van der Waals surface area contributed by atoms with Crippen molar-refractivity contribution in [3.05, 3.63) is 94.6 Å². The molecule has 1 saturated heterocycles. The molecular formula is C28H22N2O5. The Balaban J connectivity index is 1.67. The third-order valence-corrected chi connectivity index (χ3v) is 6.32.